The molecule has 0 spiro atoms. The molecule has 3 heterocycles. The topological polar surface area (TPSA) is 66.6 Å². The summed E-state index contributed by atoms with van der Waals surface area (Å²) in [6, 6.07) is 11.1. The highest BCUT2D eigenvalue weighted by molar-refractivity contribution is 7.21. The molecule has 27 heavy (non-hydrogen) atoms. The zero-order valence-electron chi connectivity index (χ0n) is 13.9. The van der Waals surface area contributed by atoms with Crippen LogP contribution in [0.2, 0.25) is 0 Å². The number of hydrogen-bond acceptors (Lipinski definition) is 5. The highest BCUT2D eigenvalue weighted by atomic mass is 32.1. The number of carboxylic acid groups (broad SMARTS) is 1. The fourth-order valence-corrected chi connectivity index (χ4v) is 4.30. The maximum atomic E-state index is 13.1. The number of halogens is 3. The number of rotatable bonds is 4. The molecular weight excluding hydrogens is 381 g/mol. The first-order valence-electron chi connectivity index (χ1n) is 8.28. The minimum Gasteiger partial charge on any atom is -0.481 e. The maximum absolute atomic E-state index is 13.1. The number of para-hydroxylation sites is 1. The van der Waals surface area contributed by atoms with Gasteiger partial charge in [0.15, 0.2) is 10.8 Å². The van der Waals surface area contributed by atoms with E-state index >= 15 is 0 Å². The second-order valence-corrected chi connectivity index (χ2v) is 7.57. The Labute approximate surface area is 156 Å². The van der Waals surface area contributed by atoms with Crippen LogP contribution in [0.3, 0.4) is 0 Å². The predicted molar refractivity (Wildman–Crippen MR) is 93.3 cm³/mol. The third-order valence-corrected chi connectivity index (χ3v) is 5.73. The van der Waals surface area contributed by atoms with Crippen LogP contribution in [-0.4, -0.2) is 40.2 Å². The number of thiazole rings is 1. The largest absolute Gasteiger partial charge is 0.481 e. The third-order valence-electron chi connectivity index (χ3n) is 4.68. The van der Waals surface area contributed by atoms with Crippen LogP contribution < -0.4 is 0 Å². The zero-order valence-corrected chi connectivity index (χ0v) is 14.8. The number of fused-ring (bicyclic) bond motifs is 1. The van der Waals surface area contributed by atoms with Crippen molar-refractivity contribution in [1.29, 1.82) is 0 Å². The number of furan rings is 1. The van der Waals surface area contributed by atoms with E-state index in [0.717, 1.165) is 10.2 Å². The van der Waals surface area contributed by atoms with E-state index in [4.69, 9.17) is 9.52 Å². The smallest absolute Gasteiger partial charge is 0.393 e. The summed E-state index contributed by atoms with van der Waals surface area (Å²) in [5.74, 6) is -3.71. The second kappa shape index (κ2) is 6.65. The highest BCUT2D eigenvalue weighted by Crippen LogP contribution is 2.38. The molecule has 0 saturated carbocycles. The van der Waals surface area contributed by atoms with E-state index in [-0.39, 0.29) is 19.6 Å². The van der Waals surface area contributed by atoms with E-state index in [1.165, 1.54) is 16.2 Å². The molecule has 1 N–H and O–H groups in total. The maximum Gasteiger partial charge on any atom is 0.393 e. The Morgan fingerprint density at radius 1 is 1.26 bits per heavy atom. The molecule has 2 atom stereocenters. The molecule has 1 fully saturated rings. The summed E-state index contributed by atoms with van der Waals surface area (Å²) >= 11 is 1.47. The number of alkyl halides is 3. The molecule has 0 radical (unpaired) electrons. The van der Waals surface area contributed by atoms with Crippen molar-refractivity contribution in [1.82, 2.24) is 9.88 Å². The van der Waals surface area contributed by atoms with Gasteiger partial charge in [-0.05, 0) is 24.3 Å². The normalized spacial score (nSPS) is 21.1. The minimum absolute atomic E-state index is 0.126. The Morgan fingerprint density at radius 2 is 2.04 bits per heavy atom. The summed E-state index contributed by atoms with van der Waals surface area (Å²) in [5, 5.41) is 9.79. The lowest BCUT2D eigenvalue weighted by Crippen LogP contribution is -2.33. The van der Waals surface area contributed by atoms with Gasteiger partial charge in [-0.15, -0.1) is 11.3 Å². The first-order valence-corrected chi connectivity index (χ1v) is 9.09. The van der Waals surface area contributed by atoms with Gasteiger partial charge in [-0.25, -0.2) is 4.98 Å². The molecule has 0 unspecified atom stereocenters. The molecule has 3 aromatic rings. The monoisotopic (exact) mass is 396 g/mol. The lowest BCUT2D eigenvalue weighted by atomic mass is 9.96. The van der Waals surface area contributed by atoms with Gasteiger partial charge in [0.05, 0.1) is 28.6 Å². The number of aromatic nitrogens is 1. The van der Waals surface area contributed by atoms with Crippen LogP contribution in [0.25, 0.3) is 21.0 Å². The lowest BCUT2D eigenvalue weighted by Gasteiger charge is -2.18. The van der Waals surface area contributed by atoms with Crippen molar-refractivity contribution in [2.75, 3.05) is 13.1 Å². The number of nitrogens with zero attached hydrogens (tertiary/aromatic N) is 2. The molecular formula is C18H15F3N2O3S. The van der Waals surface area contributed by atoms with Crippen molar-refractivity contribution >= 4 is 27.5 Å². The molecule has 1 saturated heterocycles. The summed E-state index contributed by atoms with van der Waals surface area (Å²) < 4.78 is 46.0. The Bertz CT molecular complexity index is 949. The fraction of sp³-hybridized carbons (Fsp3) is 0.333. The van der Waals surface area contributed by atoms with Gasteiger partial charge in [0, 0.05) is 13.1 Å². The molecule has 1 aliphatic heterocycles. The minimum atomic E-state index is -4.53. The van der Waals surface area contributed by atoms with Crippen molar-refractivity contribution in [2.24, 2.45) is 11.8 Å². The van der Waals surface area contributed by atoms with E-state index in [2.05, 4.69) is 4.98 Å². The summed E-state index contributed by atoms with van der Waals surface area (Å²) in [5.41, 5.74) is 0.854. The van der Waals surface area contributed by atoms with Crippen LogP contribution in [0, 0.1) is 11.8 Å². The molecule has 0 aliphatic carbocycles. The molecule has 0 amide bonds. The van der Waals surface area contributed by atoms with Crippen LogP contribution in [0.5, 0.6) is 0 Å². The predicted octanol–water partition coefficient (Wildman–Crippen LogP) is 4.25. The first-order chi connectivity index (χ1) is 12.8. The van der Waals surface area contributed by atoms with Gasteiger partial charge in [-0.2, -0.15) is 13.2 Å². The van der Waals surface area contributed by atoms with Crippen LogP contribution in [-0.2, 0) is 11.3 Å². The van der Waals surface area contributed by atoms with Gasteiger partial charge in [0.2, 0.25) is 0 Å². The van der Waals surface area contributed by atoms with Crippen LogP contribution in [0.1, 0.15) is 5.76 Å². The van der Waals surface area contributed by atoms with E-state index in [1.807, 2.05) is 24.3 Å². The van der Waals surface area contributed by atoms with Crippen molar-refractivity contribution in [3.63, 3.8) is 0 Å². The van der Waals surface area contributed by atoms with Crippen LogP contribution in [0.4, 0.5) is 13.2 Å². The molecule has 4 rings (SSSR count). The van der Waals surface area contributed by atoms with E-state index < -0.39 is 24.0 Å². The highest BCUT2D eigenvalue weighted by Gasteiger charge is 2.52. The van der Waals surface area contributed by atoms with E-state index in [9.17, 15) is 18.0 Å². The molecule has 9 heteroatoms. The van der Waals surface area contributed by atoms with Crippen LogP contribution in [0.15, 0.2) is 40.8 Å². The Hall–Kier alpha value is -2.39. The van der Waals surface area contributed by atoms with Gasteiger partial charge in [-0.3, -0.25) is 9.69 Å². The van der Waals surface area contributed by atoms with Crippen LogP contribution >= 0.6 is 11.3 Å². The standard InChI is InChI=1S/C18H15F3N2O3S/c19-18(20,21)12-9-23(8-11(12)17(24)25)7-10-5-6-14(26-10)16-22-13-3-1-2-4-15(13)27-16/h1-6,11-12H,7-9H2,(H,24,25)/t11-,12-/m1/s1. The molecule has 142 valence electrons. The average molecular weight is 396 g/mol. The van der Waals surface area contributed by atoms with Crippen molar-refractivity contribution < 1.29 is 27.5 Å². The lowest BCUT2D eigenvalue weighted by molar-refractivity contribution is -0.188. The van der Waals surface area contributed by atoms with Gasteiger partial charge >= 0.3 is 12.1 Å². The number of hydrogen-bond donors (Lipinski definition) is 1. The SMILES string of the molecule is O=C(O)[C@@H]1CN(Cc2ccc(-c3nc4ccccc4s3)o2)C[C@H]1C(F)(F)F. The molecule has 1 aliphatic rings. The first kappa shape index (κ1) is 18.0. The fourth-order valence-electron chi connectivity index (χ4n) is 3.37. The van der Waals surface area contributed by atoms with Gasteiger partial charge in [-0.1, -0.05) is 12.1 Å². The number of benzene rings is 1. The quantitative estimate of drug-likeness (QED) is 0.714. The summed E-state index contributed by atoms with van der Waals surface area (Å²) in [6.45, 7) is -0.379. The number of likely N-dealkylation sites (tertiary alicyclic amines) is 1. The van der Waals surface area contributed by atoms with Gasteiger partial charge in [0.1, 0.15) is 5.76 Å². The Balaban J connectivity index is 1.50. The summed E-state index contributed by atoms with van der Waals surface area (Å²) in [4.78, 5) is 17.1. The van der Waals surface area contributed by atoms with Gasteiger partial charge < -0.3 is 9.52 Å². The van der Waals surface area contributed by atoms with Crippen molar-refractivity contribution in [3.05, 3.63) is 42.2 Å². The van der Waals surface area contributed by atoms with E-state index in [0.29, 0.717) is 16.5 Å². The summed E-state index contributed by atoms with van der Waals surface area (Å²) in [6.07, 6.45) is -4.53. The Kier molecular flexibility index (Phi) is 4.43. The third kappa shape index (κ3) is 3.57. The molecule has 0 bridgehead atoms. The molecule has 1 aromatic carbocycles. The Morgan fingerprint density at radius 3 is 2.70 bits per heavy atom. The molecule has 2 aromatic heterocycles. The van der Waals surface area contributed by atoms with E-state index in [1.54, 1.807) is 12.1 Å². The number of carbonyl (C=O) groups is 1. The summed E-state index contributed by atoms with van der Waals surface area (Å²) in [7, 11) is 0. The zero-order chi connectivity index (χ0) is 19.2. The average Bonchev–Trinajstić information content (AvgIpc) is 3.31. The van der Waals surface area contributed by atoms with Gasteiger partial charge in [0.25, 0.3) is 0 Å². The number of carboxylic acids is 1. The number of aliphatic carboxylic acids is 1. The van der Waals surface area contributed by atoms with Crippen molar-refractivity contribution in [2.45, 2.75) is 12.7 Å². The second-order valence-electron chi connectivity index (χ2n) is 6.54. The van der Waals surface area contributed by atoms with Crippen molar-refractivity contribution in [3.8, 4) is 10.8 Å². The molecule has 5 nitrogen and oxygen atoms in total.